The van der Waals surface area contributed by atoms with Crippen molar-refractivity contribution in [2.24, 2.45) is 0 Å². The van der Waals surface area contributed by atoms with Gasteiger partial charge in [0.15, 0.2) is 5.79 Å². The maximum absolute atomic E-state index is 9.49. The van der Waals surface area contributed by atoms with E-state index in [9.17, 15) is 5.11 Å². The van der Waals surface area contributed by atoms with E-state index in [0.717, 1.165) is 18.4 Å². The van der Waals surface area contributed by atoms with E-state index in [4.69, 9.17) is 32.7 Å². The van der Waals surface area contributed by atoms with Gasteiger partial charge in [-0.1, -0.05) is 43.1 Å². The molecule has 0 radical (unpaired) electrons. The van der Waals surface area contributed by atoms with E-state index in [0.29, 0.717) is 10.0 Å². The molecule has 19 heavy (non-hydrogen) atoms. The second kappa shape index (κ2) is 5.98. The quantitative estimate of drug-likeness (QED) is 0.915. The number of halogens is 2. The van der Waals surface area contributed by atoms with Crippen LogP contribution in [0, 0.1) is 0 Å². The summed E-state index contributed by atoms with van der Waals surface area (Å²) in [5.41, 5.74) is 0.800. The summed E-state index contributed by atoms with van der Waals surface area (Å²) in [4.78, 5) is 0. The molecule has 1 N–H and O–H groups in total. The summed E-state index contributed by atoms with van der Waals surface area (Å²) in [6, 6.07) is 5.26. The minimum absolute atomic E-state index is 0.106. The highest BCUT2D eigenvalue weighted by molar-refractivity contribution is 6.35. The highest BCUT2D eigenvalue weighted by Crippen LogP contribution is 2.44. The predicted octanol–water partition coefficient (Wildman–Crippen LogP) is 3.96. The van der Waals surface area contributed by atoms with Crippen LogP contribution in [-0.2, 0) is 9.47 Å². The first-order valence-electron chi connectivity index (χ1n) is 6.46. The molecular formula is C14H18Cl2O3. The topological polar surface area (TPSA) is 38.7 Å². The Morgan fingerprint density at radius 2 is 1.89 bits per heavy atom. The van der Waals surface area contributed by atoms with Crippen LogP contribution in [0.5, 0.6) is 0 Å². The summed E-state index contributed by atoms with van der Waals surface area (Å²) in [6.45, 7) is 3.90. The lowest BCUT2D eigenvalue weighted by Crippen LogP contribution is -2.29. The molecule has 1 aliphatic rings. The first-order valence-corrected chi connectivity index (χ1v) is 7.22. The Balaban J connectivity index is 2.32. The molecule has 0 aliphatic carbocycles. The molecule has 1 saturated heterocycles. The Morgan fingerprint density at radius 3 is 2.42 bits per heavy atom. The van der Waals surface area contributed by atoms with Crippen molar-refractivity contribution in [2.75, 3.05) is 6.61 Å². The van der Waals surface area contributed by atoms with Crippen molar-refractivity contribution in [3.8, 4) is 0 Å². The van der Waals surface area contributed by atoms with Gasteiger partial charge < -0.3 is 14.6 Å². The summed E-state index contributed by atoms with van der Waals surface area (Å²) in [5, 5.41) is 10.6. The molecule has 0 saturated carbocycles. The van der Waals surface area contributed by atoms with Crippen molar-refractivity contribution in [1.29, 1.82) is 0 Å². The van der Waals surface area contributed by atoms with E-state index in [1.54, 1.807) is 12.1 Å². The Hall–Kier alpha value is -0.320. The van der Waals surface area contributed by atoms with Gasteiger partial charge in [0.2, 0.25) is 0 Å². The van der Waals surface area contributed by atoms with Crippen LogP contribution >= 0.6 is 23.2 Å². The van der Waals surface area contributed by atoms with Gasteiger partial charge in [-0.3, -0.25) is 0 Å². The fourth-order valence-corrected chi connectivity index (χ4v) is 2.90. The lowest BCUT2D eigenvalue weighted by Gasteiger charge is -2.25. The highest BCUT2D eigenvalue weighted by Gasteiger charge is 2.46. The molecule has 0 amide bonds. The van der Waals surface area contributed by atoms with E-state index in [1.165, 1.54) is 0 Å². The monoisotopic (exact) mass is 304 g/mol. The molecule has 1 heterocycles. The van der Waals surface area contributed by atoms with Crippen LogP contribution in [-0.4, -0.2) is 23.6 Å². The van der Waals surface area contributed by atoms with Gasteiger partial charge in [0.25, 0.3) is 0 Å². The number of ether oxygens (including phenoxy) is 2. The van der Waals surface area contributed by atoms with E-state index < -0.39 is 11.9 Å². The summed E-state index contributed by atoms with van der Waals surface area (Å²) in [5.74, 6) is -0.638. The maximum atomic E-state index is 9.49. The highest BCUT2D eigenvalue weighted by atomic mass is 35.5. The Labute approximate surface area is 123 Å². The van der Waals surface area contributed by atoms with Crippen molar-refractivity contribution in [1.82, 2.24) is 0 Å². The van der Waals surface area contributed by atoms with Crippen LogP contribution in [0.1, 0.15) is 38.4 Å². The predicted molar refractivity (Wildman–Crippen MR) is 75.6 cm³/mol. The second-order valence-corrected chi connectivity index (χ2v) is 5.50. The summed E-state index contributed by atoms with van der Waals surface area (Å²) in [6.07, 6.45) is 0.678. The van der Waals surface area contributed by atoms with E-state index in [1.807, 2.05) is 19.9 Å². The fraction of sp³-hybridized carbons (Fsp3) is 0.571. The smallest absolute Gasteiger partial charge is 0.169 e. The Bertz CT molecular complexity index is 446. The van der Waals surface area contributed by atoms with E-state index in [2.05, 4.69) is 0 Å². The standard InChI is InChI=1S/C14H18Cl2O3/c1-3-14(4-2)18-12(8-17)13(19-14)10-6-5-9(15)7-11(10)16/h5-7,12-13,17H,3-4,8H2,1-2H3. The Kier molecular flexibility index (Phi) is 4.75. The molecule has 0 aromatic heterocycles. The molecule has 0 spiro atoms. The number of hydrogen-bond donors (Lipinski definition) is 1. The van der Waals surface area contributed by atoms with Crippen molar-refractivity contribution in [3.63, 3.8) is 0 Å². The van der Waals surface area contributed by atoms with Gasteiger partial charge in [-0.05, 0) is 25.0 Å². The van der Waals surface area contributed by atoms with Gasteiger partial charge in [0, 0.05) is 15.6 Å². The number of aliphatic hydroxyl groups excluding tert-OH is 1. The van der Waals surface area contributed by atoms with Crippen LogP contribution in [0.3, 0.4) is 0 Å². The fourth-order valence-electron chi connectivity index (χ4n) is 2.39. The van der Waals surface area contributed by atoms with Crippen molar-refractivity contribution in [3.05, 3.63) is 33.8 Å². The molecular weight excluding hydrogens is 287 g/mol. The summed E-state index contributed by atoms with van der Waals surface area (Å²) >= 11 is 12.1. The second-order valence-electron chi connectivity index (χ2n) is 4.66. The van der Waals surface area contributed by atoms with Gasteiger partial charge in [0.05, 0.1) is 6.61 Å². The average Bonchev–Trinajstić information content (AvgIpc) is 2.78. The van der Waals surface area contributed by atoms with E-state index >= 15 is 0 Å². The van der Waals surface area contributed by atoms with Crippen molar-refractivity contribution < 1.29 is 14.6 Å². The van der Waals surface area contributed by atoms with Gasteiger partial charge in [-0.25, -0.2) is 0 Å². The number of aliphatic hydroxyl groups is 1. The third-order valence-electron chi connectivity index (χ3n) is 3.57. The normalized spacial score (nSPS) is 25.7. The lowest BCUT2D eigenvalue weighted by molar-refractivity contribution is -0.181. The Morgan fingerprint density at radius 1 is 1.21 bits per heavy atom. The number of rotatable bonds is 4. The molecule has 106 valence electrons. The molecule has 1 aromatic carbocycles. The van der Waals surface area contributed by atoms with Gasteiger partial charge >= 0.3 is 0 Å². The van der Waals surface area contributed by atoms with Crippen LogP contribution < -0.4 is 0 Å². The summed E-state index contributed by atoms with van der Waals surface area (Å²) < 4.78 is 11.9. The zero-order valence-electron chi connectivity index (χ0n) is 11.0. The van der Waals surface area contributed by atoms with Gasteiger partial charge in [0.1, 0.15) is 12.2 Å². The SMILES string of the molecule is CCC1(CC)OC(CO)C(c2ccc(Cl)cc2Cl)O1. The number of hydrogen-bond acceptors (Lipinski definition) is 3. The largest absolute Gasteiger partial charge is 0.394 e. The third-order valence-corrected chi connectivity index (χ3v) is 4.13. The van der Waals surface area contributed by atoms with Crippen LogP contribution in [0.25, 0.3) is 0 Å². The molecule has 1 aromatic rings. The van der Waals surface area contributed by atoms with Crippen LogP contribution in [0.15, 0.2) is 18.2 Å². The maximum Gasteiger partial charge on any atom is 0.169 e. The molecule has 2 rings (SSSR count). The van der Waals surface area contributed by atoms with Crippen molar-refractivity contribution in [2.45, 2.75) is 44.7 Å². The molecule has 2 atom stereocenters. The zero-order valence-corrected chi connectivity index (χ0v) is 12.5. The minimum Gasteiger partial charge on any atom is -0.394 e. The lowest BCUT2D eigenvalue weighted by atomic mass is 10.1. The molecule has 2 unspecified atom stereocenters. The first kappa shape index (κ1) is 15.1. The molecule has 3 nitrogen and oxygen atoms in total. The molecule has 1 fully saturated rings. The van der Waals surface area contributed by atoms with E-state index in [-0.39, 0.29) is 12.7 Å². The molecule has 1 aliphatic heterocycles. The zero-order chi connectivity index (χ0) is 14.0. The van der Waals surface area contributed by atoms with Crippen LogP contribution in [0.4, 0.5) is 0 Å². The molecule has 5 heteroatoms. The third kappa shape index (κ3) is 2.91. The minimum atomic E-state index is -0.638. The molecule has 0 bridgehead atoms. The van der Waals surface area contributed by atoms with Gasteiger partial charge in [-0.2, -0.15) is 0 Å². The first-order chi connectivity index (χ1) is 9.05. The number of benzene rings is 1. The summed E-state index contributed by atoms with van der Waals surface area (Å²) in [7, 11) is 0. The van der Waals surface area contributed by atoms with Gasteiger partial charge in [-0.15, -0.1) is 0 Å². The van der Waals surface area contributed by atoms with Crippen molar-refractivity contribution >= 4 is 23.2 Å². The average molecular weight is 305 g/mol. The van der Waals surface area contributed by atoms with Crippen LogP contribution in [0.2, 0.25) is 10.0 Å².